The number of aromatic nitrogens is 1. The fourth-order valence-corrected chi connectivity index (χ4v) is 1.65. The monoisotopic (exact) mass is 280 g/mol. The van der Waals surface area contributed by atoms with Gasteiger partial charge in [-0.1, -0.05) is 13.8 Å². The van der Waals surface area contributed by atoms with Gasteiger partial charge < -0.3 is 15.2 Å². The van der Waals surface area contributed by atoms with Crippen molar-refractivity contribution in [2.24, 2.45) is 5.92 Å². The number of carbonyl (C=O) groups excluding carboxylic acids is 1. The third-order valence-electron chi connectivity index (χ3n) is 2.81. The Labute approximate surface area is 118 Å². The molecule has 0 aliphatic rings. The first-order valence-electron chi connectivity index (χ1n) is 6.55. The molecule has 6 nitrogen and oxygen atoms in total. The van der Waals surface area contributed by atoms with Crippen LogP contribution in [0.25, 0.3) is 0 Å². The molecular formula is C14H20N2O4. The van der Waals surface area contributed by atoms with E-state index in [1.807, 2.05) is 13.8 Å². The standard InChI is InChI=1S/C14H20N2O4/c1-4-20-14(19)10-5-6-12(15-8-10)16-11(9(2)3)7-13(17)18/h5-6,8-9,11H,4,7H2,1-3H3,(H,15,16)(H,17,18). The maximum Gasteiger partial charge on any atom is 0.339 e. The van der Waals surface area contributed by atoms with Crippen LogP contribution >= 0.6 is 0 Å². The van der Waals surface area contributed by atoms with E-state index in [0.717, 1.165) is 0 Å². The first-order chi connectivity index (χ1) is 9.43. The van der Waals surface area contributed by atoms with Gasteiger partial charge in [0.25, 0.3) is 0 Å². The van der Waals surface area contributed by atoms with E-state index in [4.69, 9.17) is 9.84 Å². The Bertz CT molecular complexity index is 457. The number of nitrogens with one attached hydrogen (secondary N) is 1. The van der Waals surface area contributed by atoms with E-state index in [2.05, 4.69) is 10.3 Å². The van der Waals surface area contributed by atoms with Gasteiger partial charge in [-0.2, -0.15) is 0 Å². The van der Waals surface area contributed by atoms with E-state index in [-0.39, 0.29) is 18.4 Å². The molecule has 1 atom stereocenters. The molecular weight excluding hydrogens is 260 g/mol. The molecule has 0 saturated carbocycles. The van der Waals surface area contributed by atoms with Crippen LogP contribution in [0.5, 0.6) is 0 Å². The minimum Gasteiger partial charge on any atom is -0.481 e. The average Bonchev–Trinajstić information content (AvgIpc) is 2.38. The third kappa shape index (κ3) is 4.87. The summed E-state index contributed by atoms with van der Waals surface area (Å²) in [5.41, 5.74) is 0.372. The Balaban J connectivity index is 2.72. The molecule has 0 aromatic carbocycles. The number of carboxylic acid groups (broad SMARTS) is 1. The zero-order valence-electron chi connectivity index (χ0n) is 11.9. The van der Waals surface area contributed by atoms with Gasteiger partial charge in [0.05, 0.1) is 18.6 Å². The molecule has 110 valence electrons. The molecule has 1 heterocycles. The smallest absolute Gasteiger partial charge is 0.339 e. The van der Waals surface area contributed by atoms with Crippen LogP contribution in [0, 0.1) is 5.92 Å². The molecule has 0 spiro atoms. The summed E-state index contributed by atoms with van der Waals surface area (Å²) in [5.74, 6) is -0.590. The molecule has 0 aliphatic heterocycles. The van der Waals surface area contributed by atoms with Crippen molar-refractivity contribution in [3.05, 3.63) is 23.9 Å². The van der Waals surface area contributed by atoms with Crippen LogP contribution in [-0.4, -0.2) is 34.7 Å². The largest absolute Gasteiger partial charge is 0.481 e. The Hall–Kier alpha value is -2.11. The molecule has 1 aromatic heterocycles. The van der Waals surface area contributed by atoms with E-state index in [1.54, 1.807) is 19.1 Å². The molecule has 0 radical (unpaired) electrons. The van der Waals surface area contributed by atoms with Crippen LogP contribution in [0.15, 0.2) is 18.3 Å². The normalized spacial score (nSPS) is 12.0. The lowest BCUT2D eigenvalue weighted by atomic mass is 10.0. The highest BCUT2D eigenvalue weighted by molar-refractivity contribution is 5.89. The van der Waals surface area contributed by atoms with Crippen molar-refractivity contribution in [1.82, 2.24) is 4.98 Å². The maximum absolute atomic E-state index is 11.5. The van der Waals surface area contributed by atoms with E-state index < -0.39 is 11.9 Å². The van der Waals surface area contributed by atoms with E-state index >= 15 is 0 Å². The van der Waals surface area contributed by atoms with Crippen LogP contribution in [0.1, 0.15) is 37.6 Å². The molecule has 0 bridgehead atoms. The predicted octanol–water partition coefficient (Wildman–Crippen LogP) is 2.17. The van der Waals surface area contributed by atoms with Gasteiger partial charge in [0, 0.05) is 12.2 Å². The van der Waals surface area contributed by atoms with E-state index in [9.17, 15) is 9.59 Å². The number of pyridine rings is 1. The van der Waals surface area contributed by atoms with Crippen molar-refractivity contribution >= 4 is 17.8 Å². The highest BCUT2D eigenvalue weighted by atomic mass is 16.5. The van der Waals surface area contributed by atoms with Crippen LogP contribution in [0.2, 0.25) is 0 Å². The van der Waals surface area contributed by atoms with Crippen LogP contribution in [-0.2, 0) is 9.53 Å². The quantitative estimate of drug-likeness (QED) is 0.744. The highest BCUT2D eigenvalue weighted by Gasteiger charge is 2.17. The molecule has 0 amide bonds. The van der Waals surface area contributed by atoms with Crippen LogP contribution in [0.4, 0.5) is 5.82 Å². The fraction of sp³-hybridized carbons (Fsp3) is 0.500. The second kappa shape index (κ2) is 7.47. The van der Waals surface area contributed by atoms with Gasteiger partial charge in [-0.25, -0.2) is 9.78 Å². The Kier molecular flexibility index (Phi) is 5.96. The van der Waals surface area contributed by atoms with Gasteiger partial charge in [0.1, 0.15) is 5.82 Å². The summed E-state index contributed by atoms with van der Waals surface area (Å²) in [6.45, 7) is 5.93. The zero-order valence-corrected chi connectivity index (χ0v) is 11.9. The van der Waals surface area contributed by atoms with Crippen molar-refractivity contribution in [2.45, 2.75) is 33.2 Å². The summed E-state index contributed by atoms with van der Waals surface area (Å²) < 4.78 is 4.86. The Morgan fingerprint density at radius 2 is 2.10 bits per heavy atom. The molecule has 0 aliphatic carbocycles. The predicted molar refractivity (Wildman–Crippen MR) is 74.7 cm³/mol. The minimum absolute atomic E-state index is 0.0129. The number of rotatable bonds is 7. The average molecular weight is 280 g/mol. The molecule has 1 unspecified atom stereocenters. The summed E-state index contributed by atoms with van der Waals surface area (Å²) in [6.07, 6.45) is 1.43. The summed E-state index contributed by atoms with van der Waals surface area (Å²) in [5, 5.41) is 11.9. The summed E-state index contributed by atoms with van der Waals surface area (Å²) in [7, 11) is 0. The van der Waals surface area contributed by atoms with Crippen molar-refractivity contribution in [2.75, 3.05) is 11.9 Å². The molecule has 20 heavy (non-hydrogen) atoms. The molecule has 2 N–H and O–H groups in total. The number of nitrogens with zero attached hydrogens (tertiary/aromatic N) is 1. The van der Waals surface area contributed by atoms with Crippen molar-refractivity contribution in [1.29, 1.82) is 0 Å². The van der Waals surface area contributed by atoms with Gasteiger partial charge in [0.15, 0.2) is 0 Å². The number of anilines is 1. The number of ether oxygens (including phenoxy) is 1. The molecule has 0 saturated heterocycles. The molecule has 1 aromatic rings. The zero-order chi connectivity index (χ0) is 15.1. The topological polar surface area (TPSA) is 88.5 Å². The molecule has 1 rings (SSSR count). The first-order valence-corrected chi connectivity index (χ1v) is 6.55. The number of esters is 1. The first kappa shape index (κ1) is 15.9. The lowest BCUT2D eigenvalue weighted by molar-refractivity contribution is -0.137. The van der Waals surface area contributed by atoms with Gasteiger partial charge in [-0.15, -0.1) is 0 Å². The van der Waals surface area contributed by atoms with Gasteiger partial charge in [-0.05, 0) is 25.0 Å². The third-order valence-corrected chi connectivity index (χ3v) is 2.81. The summed E-state index contributed by atoms with van der Waals surface area (Å²) in [6, 6.07) is 3.03. The second-order valence-electron chi connectivity index (χ2n) is 4.75. The Morgan fingerprint density at radius 1 is 1.40 bits per heavy atom. The number of hydrogen-bond acceptors (Lipinski definition) is 5. The molecule has 6 heteroatoms. The van der Waals surface area contributed by atoms with Crippen molar-refractivity contribution in [3.63, 3.8) is 0 Å². The van der Waals surface area contributed by atoms with E-state index in [1.165, 1.54) is 6.20 Å². The number of carbonyl (C=O) groups is 2. The maximum atomic E-state index is 11.5. The number of aliphatic carboxylic acids is 1. The fourth-order valence-electron chi connectivity index (χ4n) is 1.65. The number of hydrogen-bond donors (Lipinski definition) is 2. The summed E-state index contributed by atoms with van der Waals surface area (Å²) in [4.78, 5) is 26.4. The van der Waals surface area contributed by atoms with Crippen LogP contribution < -0.4 is 5.32 Å². The molecule has 0 fully saturated rings. The summed E-state index contributed by atoms with van der Waals surface area (Å²) >= 11 is 0. The second-order valence-corrected chi connectivity index (χ2v) is 4.75. The lowest BCUT2D eigenvalue weighted by Gasteiger charge is -2.21. The SMILES string of the molecule is CCOC(=O)c1ccc(NC(CC(=O)O)C(C)C)nc1. The lowest BCUT2D eigenvalue weighted by Crippen LogP contribution is -2.29. The van der Waals surface area contributed by atoms with Gasteiger partial charge in [0.2, 0.25) is 0 Å². The van der Waals surface area contributed by atoms with Crippen molar-refractivity contribution in [3.8, 4) is 0 Å². The van der Waals surface area contributed by atoms with E-state index in [0.29, 0.717) is 18.0 Å². The van der Waals surface area contributed by atoms with Gasteiger partial charge >= 0.3 is 11.9 Å². The number of carboxylic acids is 1. The van der Waals surface area contributed by atoms with Crippen LogP contribution in [0.3, 0.4) is 0 Å². The van der Waals surface area contributed by atoms with Gasteiger partial charge in [-0.3, -0.25) is 4.79 Å². The minimum atomic E-state index is -0.862. The highest BCUT2D eigenvalue weighted by Crippen LogP contribution is 2.14. The van der Waals surface area contributed by atoms with Crippen molar-refractivity contribution < 1.29 is 19.4 Å². The Morgan fingerprint density at radius 3 is 2.55 bits per heavy atom.